The number of carbonyl (C=O) groups excluding carboxylic acids is 1. The topological polar surface area (TPSA) is 153 Å². The summed E-state index contributed by atoms with van der Waals surface area (Å²) < 4.78 is 0. The molecule has 0 fully saturated rings. The van der Waals surface area contributed by atoms with Crippen molar-refractivity contribution >= 4 is 23.8 Å². The molecule has 0 aromatic carbocycles. The molecule has 49 heavy (non-hydrogen) atoms. The molecule has 2 unspecified atom stereocenters. The Labute approximate surface area is 297 Å². The lowest BCUT2D eigenvalue weighted by Gasteiger charge is -2.36. The van der Waals surface area contributed by atoms with Gasteiger partial charge in [-0.25, -0.2) is 0 Å². The minimum absolute atomic E-state index is 0.120. The first kappa shape index (κ1) is 44.3. The number of carboxylic acids is 3. The number of aliphatic carboxylic acids is 3. The Kier molecular flexibility index (Phi) is 23.7. The van der Waals surface area contributed by atoms with Gasteiger partial charge in [-0.2, -0.15) is 0 Å². The molecule has 5 N–H and O–H groups in total. The molecule has 0 aromatic rings. The van der Waals surface area contributed by atoms with Gasteiger partial charge in [-0.3, -0.25) is 19.2 Å². The van der Waals surface area contributed by atoms with Crippen molar-refractivity contribution in [2.75, 3.05) is 19.6 Å². The molecule has 2 aliphatic rings. The Morgan fingerprint density at radius 3 is 1.90 bits per heavy atom. The second-order valence-corrected chi connectivity index (χ2v) is 14.1. The van der Waals surface area contributed by atoms with E-state index in [1.807, 2.05) is 13.0 Å². The van der Waals surface area contributed by atoms with Crippen LogP contribution in [0.5, 0.6) is 0 Å². The van der Waals surface area contributed by atoms with Gasteiger partial charge in [0.1, 0.15) is 0 Å². The lowest BCUT2D eigenvalue weighted by molar-refractivity contribution is -0.173. The van der Waals surface area contributed by atoms with E-state index in [1.165, 1.54) is 64.5 Å². The summed E-state index contributed by atoms with van der Waals surface area (Å²) in [4.78, 5) is 51.8. The van der Waals surface area contributed by atoms with E-state index in [1.54, 1.807) is 0 Å². The van der Waals surface area contributed by atoms with Crippen molar-refractivity contribution in [3.05, 3.63) is 22.8 Å². The molecule has 2 rings (SSSR count). The van der Waals surface area contributed by atoms with Gasteiger partial charge in [0.05, 0.1) is 5.92 Å². The highest BCUT2D eigenvalue weighted by molar-refractivity contribution is 6.15. The zero-order valence-corrected chi connectivity index (χ0v) is 31.4. The third kappa shape index (κ3) is 15.0. The van der Waals surface area contributed by atoms with Gasteiger partial charge in [0.25, 0.3) is 0 Å². The monoisotopic (exact) mass is 691 g/mol. The van der Waals surface area contributed by atoms with Crippen LogP contribution in [0, 0.1) is 17.3 Å². The van der Waals surface area contributed by atoms with Crippen molar-refractivity contribution < 1.29 is 34.5 Å². The summed E-state index contributed by atoms with van der Waals surface area (Å²) in [6, 6.07) is 0. The molecule has 0 aromatic heterocycles. The average Bonchev–Trinajstić information content (AvgIpc) is 3.04. The van der Waals surface area contributed by atoms with E-state index >= 15 is 0 Å². The number of rotatable bonds is 21. The Bertz CT molecular complexity index is 1030. The molecule has 2 atom stereocenters. The predicted molar refractivity (Wildman–Crippen MR) is 198 cm³/mol. The van der Waals surface area contributed by atoms with Crippen molar-refractivity contribution in [1.29, 1.82) is 0 Å². The Balaban J connectivity index is 0.000000779. The number of hydrogen-bond donors (Lipinski definition) is 5. The number of unbranched alkanes of at least 4 members (excludes halogenated alkanes) is 7. The van der Waals surface area contributed by atoms with Gasteiger partial charge in [0, 0.05) is 12.1 Å². The molecule has 0 bridgehead atoms. The van der Waals surface area contributed by atoms with Gasteiger partial charge in [0.2, 0.25) is 11.3 Å². The number of nitrogens with one attached hydrogen (secondary N) is 2. The first-order chi connectivity index (χ1) is 23.6. The summed E-state index contributed by atoms with van der Waals surface area (Å²) in [5, 5.41) is 37.2. The zero-order valence-electron chi connectivity index (χ0n) is 31.4. The van der Waals surface area contributed by atoms with Crippen LogP contribution in [0.15, 0.2) is 22.8 Å². The molecule has 0 saturated heterocycles. The number of carbonyl (C=O) groups is 4. The van der Waals surface area contributed by atoms with Crippen LogP contribution in [0.2, 0.25) is 0 Å². The number of carboxylic acid groups (broad SMARTS) is 3. The van der Waals surface area contributed by atoms with Gasteiger partial charge in [0.15, 0.2) is 0 Å². The molecule has 2 aliphatic carbocycles. The lowest BCUT2D eigenvalue weighted by atomic mass is 9.63. The summed E-state index contributed by atoms with van der Waals surface area (Å²) in [6.07, 6.45) is 23.2. The fourth-order valence-electron chi connectivity index (χ4n) is 7.17. The van der Waals surface area contributed by atoms with E-state index in [0.717, 1.165) is 63.4 Å². The van der Waals surface area contributed by atoms with Gasteiger partial charge in [-0.15, -0.1) is 0 Å². The summed E-state index contributed by atoms with van der Waals surface area (Å²) in [5.41, 5.74) is -2.02. The summed E-state index contributed by atoms with van der Waals surface area (Å²) in [5.74, 6) is -7.44. The normalized spacial score (nSPS) is 18.8. The third-order valence-corrected chi connectivity index (χ3v) is 10.3. The minimum Gasteiger partial charge on any atom is -0.481 e. The molecule has 1 amide bonds. The number of hydrogen-bond acceptors (Lipinski definition) is 5. The SMILES string of the molecule is CCCCC(CC)CNC(=O)C1=C(C2=CCCCCCC2)CCCCC(C(=O)O)C1(C(=O)O)C(=O)O.CCCCCCNCCCCCC. The first-order valence-electron chi connectivity index (χ1n) is 19.7. The Morgan fingerprint density at radius 1 is 0.755 bits per heavy atom. The van der Waals surface area contributed by atoms with Crippen molar-refractivity contribution in [2.24, 2.45) is 17.3 Å². The molecular weight excluding hydrogens is 620 g/mol. The highest BCUT2D eigenvalue weighted by Crippen LogP contribution is 2.46. The zero-order chi connectivity index (χ0) is 36.5. The largest absolute Gasteiger partial charge is 0.481 e. The highest BCUT2D eigenvalue weighted by Gasteiger charge is 2.61. The third-order valence-electron chi connectivity index (χ3n) is 10.3. The Hall–Kier alpha value is -2.68. The summed E-state index contributed by atoms with van der Waals surface area (Å²) >= 11 is 0. The molecule has 0 spiro atoms. The first-order valence-corrected chi connectivity index (χ1v) is 19.7. The number of allylic oxidation sites excluding steroid dienone is 3. The second-order valence-electron chi connectivity index (χ2n) is 14.1. The molecule has 0 saturated carbocycles. The molecule has 9 nitrogen and oxygen atoms in total. The van der Waals surface area contributed by atoms with E-state index in [-0.39, 0.29) is 24.5 Å². The average molecular weight is 691 g/mol. The van der Waals surface area contributed by atoms with Crippen LogP contribution in [0.25, 0.3) is 0 Å². The van der Waals surface area contributed by atoms with Crippen LogP contribution < -0.4 is 10.6 Å². The summed E-state index contributed by atoms with van der Waals surface area (Å²) in [6.45, 7) is 11.4. The second kappa shape index (κ2) is 26.2. The van der Waals surface area contributed by atoms with Crippen molar-refractivity contribution in [3.8, 4) is 0 Å². The molecular formula is C40H70N2O7. The lowest BCUT2D eigenvalue weighted by Crippen LogP contribution is -2.54. The predicted octanol–water partition coefficient (Wildman–Crippen LogP) is 9.06. The van der Waals surface area contributed by atoms with Gasteiger partial charge in [-0.05, 0) is 94.4 Å². The van der Waals surface area contributed by atoms with Crippen LogP contribution in [0.3, 0.4) is 0 Å². The van der Waals surface area contributed by atoms with Gasteiger partial charge >= 0.3 is 17.9 Å². The molecule has 282 valence electrons. The standard InChI is InChI=1S/C28H43NO7.C12H27N/c1-3-5-13-19(4-2)18-29-24(30)23-21(20-14-9-7-6-8-10-15-20)16-11-12-17-22(25(31)32)28(23,26(33)34)27(35)36;1-3-5-7-9-11-13-12-10-8-6-4-2/h14,19,22H,3-13,15-18H2,1-2H3,(H,29,30)(H,31,32)(H,33,34)(H,35,36);13H,3-12H2,1-2H3. The van der Waals surface area contributed by atoms with E-state index in [9.17, 15) is 34.5 Å². The van der Waals surface area contributed by atoms with Gasteiger partial charge < -0.3 is 26.0 Å². The van der Waals surface area contributed by atoms with Gasteiger partial charge in [-0.1, -0.05) is 111 Å². The smallest absolute Gasteiger partial charge is 0.326 e. The van der Waals surface area contributed by atoms with Crippen LogP contribution in [0.1, 0.15) is 169 Å². The minimum atomic E-state index is -2.86. The van der Waals surface area contributed by atoms with Crippen LogP contribution >= 0.6 is 0 Å². The maximum atomic E-state index is 13.8. The highest BCUT2D eigenvalue weighted by atomic mass is 16.4. The molecule has 0 heterocycles. The number of amides is 1. The van der Waals surface area contributed by atoms with Crippen molar-refractivity contribution in [1.82, 2.24) is 10.6 Å². The fourth-order valence-corrected chi connectivity index (χ4v) is 7.17. The molecule has 9 heteroatoms. The van der Waals surface area contributed by atoms with Crippen molar-refractivity contribution in [3.63, 3.8) is 0 Å². The molecule has 0 aliphatic heterocycles. The van der Waals surface area contributed by atoms with Crippen LogP contribution in [-0.4, -0.2) is 58.8 Å². The van der Waals surface area contributed by atoms with E-state index in [0.29, 0.717) is 31.3 Å². The Morgan fingerprint density at radius 2 is 1.35 bits per heavy atom. The van der Waals surface area contributed by atoms with E-state index in [4.69, 9.17) is 0 Å². The van der Waals surface area contributed by atoms with E-state index in [2.05, 4.69) is 31.4 Å². The van der Waals surface area contributed by atoms with Crippen molar-refractivity contribution in [2.45, 2.75) is 169 Å². The fraction of sp³-hybridized carbons (Fsp3) is 0.800. The van der Waals surface area contributed by atoms with E-state index < -0.39 is 35.1 Å². The summed E-state index contributed by atoms with van der Waals surface area (Å²) in [7, 11) is 0. The maximum absolute atomic E-state index is 13.8. The molecule has 0 radical (unpaired) electrons. The quantitative estimate of drug-likeness (QED) is 0.0591. The van der Waals surface area contributed by atoms with Crippen LogP contribution in [-0.2, 0) is 19.2 Å². The van der Waals surface area contributed by atoms with Crippen LogP contribution in [0.4, 0.5) is 0 Å². The maximum Gasteiger partial charge on any atom is 0.326 e.